The van der Waals surface area contributed by atoms with Gasteiger partial charge in [-0.05, 0) is 32.0 Å². The third-order valence-corrected chi connectivity index (χ3v) is 3.67. The summed E-state index contributed by atoms with van der Waals surface area (Å²) in [5, 5.41) is 0.984. The number of Topliss-reactive ketones (excluding diaryl/α,β-unsaturated/α-hetero) is 1. The highest BCUT2D eigenvalue weighted by molar-refractivity contribution is 5.98. The predicted octanol–water partition coefficient (Wildman–Crippen LogP) is 3.74. The zero-order chi connectivity index (χ0) is 13.8. The maximum atomic E-state index is 12.3. The Kier molecular flexibility index (Phi) is 4.38. The maximum absolute atomic E-state index is 12.3. The van der Waals surface area contributed by atoms with Crippen LogP contribution in [0.5, 0.6) is 0 Å². The van der Waals surface area contributed by atoms with Crippen LogP contribution >= 0.6 is 0 Å². The second-order valence-electron chi connectivity index (χ2n) is 4.89. The van der Waals surface area contributed by atoms with Crippen LogP contribution in [-0.2, 0) is 0 Å². The summed E-state index contributed by atoms with van der Waals surface area (Å²) >= 11 is 0. The van der Waals surface area contributed by atoms with Crippen LogP contribution in [0.4, 0.5) is 0 Å². The summed E-state index contributed by atoms with van der Waals surface area (Å²) < 4.78 is 5.61. The molecule has 0 aliphatic rings. The van der Waals surface area contributed by atoms with Crippen molar-refractivity contribution in [2.75, 3.05) is 13.1 Å². The first-order chi connectivity index (χ1) is 9.15. The van der Waals surface area contributed by atoms with Crippen molar-refractivity contribution in [3.63, 3.8) is 0 Å². The van der Waals surface area contributed by atoms with E-state index in [0.29, 0.717) is 18.3 Å². The lowest BCUT2D eigenvalue weighted by atomic mass is 10.2. The molecule has 1 atom stereocenters. The maximum Gasteiger partial charge on any atom is 0.211 e. The Labute approximate surface area is 114 Å². The van der Waals surface area contributed by atoms with Crippen molar-refractivity contribution < 1.29 is 9.21 Å². The van der Waals surface area contributed by atoms with Crippen LogP contribution in [0.3, 0.4) is 0 Å². The molecular weight excluding hydrogens is 238 g/mol. The van der Waals surface area contributed by atoms with Gasteiger partial charge in [-0.3, -0.25) is 9.69 Å². The van der Waals surface area contributed by atoms with Crippen LogP contribution in [-0.4, -0.2) is 29.8 Å². The van der Waals surface area contributed by atoms with Gasteiger partial charge >= 0.3 is 0 Å². The quantitative estimate of drug-likeness (QED) is 0.741. The molecule has 0 bridgehead atoms. The number of likely N-dealkylation sites (N-methyl/N-ethyl adjacent to an activating group) is 1. The van der Waals surface area contributed by atoms with Crippen molar-refractivity contribution in [1.29, 1.82) is 0 Å². The summed E-state index contributed by atoms with van der Waals surface area (Å²) in [7, 11) is 0. The molecule has 0 saturated carbocycles. The van der Waals surface area contributed by atoms with E-state index in [2.05, 4.69) is 25.7 Å². The summed E-state index contributed by atoms with van der Waals surface area (Å²) in [4.78, 5) is 14.4. The van der Waals surface area contributed by atoms with E-state index in [4.69, 9.17) is 4.42 Å². The van der Waals surface area contributed by atoms with E-state index in [-0.39, 0.29) is 5.78 Å². The third kappa shape index (κ3) is 3.04. The van der Waals surface area contributed by atoms with Gasteiger partial charge in [-0.2, -0.15) is 0 Å². The monoisotopic (exact) mass is 259 g/mol. The van der Waals surface area contributed by atoms with Gasteiger partial charge in [0, 0.05) is 11.4 Å². The molecule has 102 valence electrons. The van der Waals surface area contributed by atoms with E-state index in [1.54, 1.807) is 0 Å². The lowest BCUT2D eigenvalue weighted by Crippen LogP contribution is -2.36. The van der Waals surface area contributed by atoms with Gasteiger partial charge in [0.1, 0.15) is 5.58 Å². The fraction of sp³-hybridized carbons (Fsp3) is 0.438. The van der Waals surface area contributed by atoms with E-state index >= 15 is 0 Å². The van der Waals surface area contributed by atoms with Crippen LogP contribution < -0.4 is 0 Å². The van der Waals surface area contributed by atoms with Crippen molar-refractivity contribution in [2.24, 2.45) is 0 Å². The molecule has 3 heteroatoms. The summed E-state index contributed by atoms with van der Waals surface area (Å²) in [5.41, 5.74) is 0.775. The number of rotatable bonds is 6. The molecule has 2 aromatic rings. The second kappa shape index (κ2) is 6.02. The van der Waals surface area contributed by atoms with Gasteiger partial charge in [0.25, 0.3) is 0 Å². The minimum Gasteiger partial charge on any atom is -0.453 e. The number of carbonyl (C=O) groups is 1. The second-order valence-corrected chi connectivity index (χ2v) is 4.89. The molecule has 1 aromatic carbocycles. The summed E-state index contributed by atoms with van der Waals surface area (Å²) in [6.07, 6.45) is 1.04. The van der Waals surface area contributed by atoms with Gasteiger partial charge in [0.05, 0.1) is 6.54 Å². The van der Waals surface area contributed by atoms with Crippen LogP contribution in [0, 0.1) is 0 Å². The molecule has 0 aliphatic heterocycles. The van der Waals surface area contributed by atoms with Crippen molar-refractivity contribution >= 4 is 16.8 Å². The molecule has 2 rings (SSSR count). The van der Waals surface area contributed by atoms with E-state index in [9.17, 15) is 4.79 Å². The molecule has 1 aromatic heterocycles. The number of carbonyl (C=O) groups excluding carboxylic acids is 1. The molecule has 0 radical (unpaired) electrons. The van der Waals surface area contributed by atoms with Crippen LogP contribution in [0.2, 0.25) is 0 Å². The first-order valence-corrected chi connectivity index (χ1v) is 6.91. The highest BCUT2D eigenvalue weighted by Crippen LogP contribution is 2.19. The van der Waals surface area contributed by atoms with E-state index in [1.165, 1.54) is 0 Å². The topological polar surface area (TPSA) is 33.5 Å². The SMILES string of the molecule is CCC(C)N(CC)CC(=O)c1cc2ccccc2o1. The summed E-state index contributed by atoms with van der Waals surface area (Å²) in [6.45, 7) is 7.67. The first-order valence-electron chi connectivity index (χ1n) is 6.91. The average molecular weight is 259 g/mol. The number of nitrogens with zero attached hydrogens (tertiary/aromatic N) is 1. The molecule has 0 N–H and O–H groups in total. The number of hydrogen-bond acceptors (Lipinski definition) is 3. The Morgan fingerprint density at radius 2 is 2.05 bits per heavy atom. The molecule has 3 nitrogen and oxygen atoms in total. The Morgan fingerprint density at radius 3 is 2.68 bits per heavy atom. The van der Waals surface area contributed by atoms with E-state index in [0.717, 1.165) is 23.9 Å². The summed E-state index contributed by atoms with van der Waals surface area (Å²) in [6, 6.07) is 9.96. The zero-order valence-electron chi connectivity index (χ0n) is 11.8. The van der Waals surface area contributed by atoms with Gasteiger partial charge < -0.3 is 4.42 Å². The normalized spacial score (nSPS) is 13.1. The molecule has 0 amide bonds. The number of hydrogen-bond donors (Lipinski definition) is 0. The van der Waals surface area contributed by atoms with Gasteiger partial charge in [0.2, 0.25) is 5.78 Å². The van der Waals surface area contributed by atoms with Gasteiger partial charge in [-0.1, -0.05) is 32.0 Å². The van der Waals surface area contributed by atoms with Crippen LogP contribution in [0.1, 0.15) is 37.7 Å². The molecule has 1 unspecified atom stereocenters. The van der Waals surface area contributed by atoms with Gasteiger partial charge in [-0.15, -0.1) is 0 Å². The Balaban J connectivity index is 2.14. The molecule has 0 aliphatic carbocycles. The largest absolute Gasteiger partial charge is 0.453 e. The predicted molar refractivity (Wildman–Crippen MR) is 77.5 cm³/mol. The number of furan rings is 1. The minimum absolute atomic E-state index is 0.0540. The Hall–Kier alpha value is -1.61. The smallest absolute Gasteiger partial charge is 0.211 e. The standard InChI is InChI=1S/C16H21NO2/c1-4-12(3)17(5-2)11-14(18)16-10-13-8-6-7-9-15(13)19-16/h6-10,12H,4-5,11H2,1-3H3. The number of para-hydroxylation sites is 1. The van der Waals surface area contributed by atoms with Gasteiger partial charge in [-0.25, -0.2) is 0 Å². The zero-order valence-corrected chi connectivity index (χ0v) is 11.8. The lowest BCUT2D eigenvalue weighted by molar-refractivity contribution is 0.0877. The highest BCUT2D eigenvalue weighted by Gasteiger charge is 2.18. The van der Waals surface area contributed by atoms with Crippen LogP contribution in [0.15, 0.2) is 34.7 Å². The molecule has 0 spiro atoms. The number of benzene rings is 1. The van der Waals surface area contributed by atoms with Gasteiger partial charge in [0.15, 0.2) is 5.76 Å². The summed E-state index contributed by atoms with van der Waals surface area (Å²) in [5.74, 6) is 0.515. The average Bonchev–Trinajstić information content (AvgIpc) is 2.87. The van der Waals surface area contributed by atoms with Crippen molar-refractivity contribution in [1.82, 2.24) is 4.90 Å². The number of ketones is 1. The highest BCUT2D eigenvalue weighted by atomic mass is 16.3. The molecule has 19 heavy (non-hydrogen) atoms. The van der Waals surface area contributed by atoms with Crippen LogP contribution in [0.25, 0.3) is 11.0 Å². The molecular formula is C16H21NO2. The van der Waals surface area contributed by atoms with Crippen molar-refractivity contribution in [2.45, 2.75) is 33.2 Å². The third-order valence-electron chi connectivity index (χ3n) is 3.67. The van der Waals surface area contributed by atoms with Crippen molar-refractivity contribution in [3.05, 3.63) is 36.1 Å². The fourth-order valence-corrected chi connectivity index (χ4v) is 2.22. The van der Waals surface area contributed by atoms with Crippen molar-refractivity contribution in [3.8, 4) is 0 Å². The number of fused-ring (bicyclic) bond motifs is 1. The molecule has 0 fully saturated rings. The molecule has 0 saturated heterocycles. The lowest BCUT2D eigenvalue weighted by Gasteiger charge is -2.25. The molecule has 1 heterocycles. The van der Waals surface area contributed by atoms with E-state index in [1.807, 2.05) is 30.3 Å². The fourth-order valence-electron chi connectivity index (χ4n) is 2.22. The van der Waals surface area contributed by atoms with E-state index < -0.39 is 0 Å². The minimum atomic E-state index is 0.0540. The first kappa shape index (κ1) is 13.8. The Bertz CT molecular complexity index is 526. The Morgan fingerprint density at radius 1 is 1.32 bits per heavy atom.